The third-order valence-electron chi connectivity index (χ3n) is 2.85. The first-order valence-corrected chi connectivity index (χ1v) is 6.58. The van der Waals surface area contributed by atoms with E-state index in [0.717, 1.165) is 0 Å². The number of Topliss-reactive ketones (excluding diaryl/α,β-unsaturated/α-hetero) is 1. The van der Waals surface area contributed by atoms with Gasteiger partial charge in [-0.3, -0.25) is 4.79 Å². The summed E-state index contributed by atoms with van der Waals surface area (Å²) in [6.07, 6.45) is 0.0000891. The fraction of sp³-hybridized carbons (Fsp3) is 0.133. The van der Waals surface area contributed by atoms with Gasteiger partial charge in [0.15, 0.2) is 17.3 Å². The van der Waals surface area contributed by atoms with Crippen LogP contribution in [0.15, 0.2) is 36.4 Å². The fourth-order valence-corrected chi connectivity index (χ4v) is 2.29. The van der Waals surface area contributed by atoms with Gasteiger partial charge < -0.3 is 4.74 Å². The Bertz CT molecular complexity index is 656. The average molecular weight is 313 g/mol. The summed E-state index contributed by atoms with van der Waals surface area (Å²) in [6, 6.07) is 9.29. The number of ether oxygens (including phenoxy) is 1. The van der Waals surface area contributed by atoms with Gasteiger partial charge in [-0.25, -0.2) is 4.39 Å². The molecule has 0 unspecified atom stereocenters. The maximum absolute atomic E-state index is 14.0. The molecule has 0 aliphatic carbocycles. The van der Waals surface area contributed by atoms with Crippen LogP contribution in [-0.4, -0.2) is 12.9 Å². The molecule has 0 bridgehead atoms. The Kier molecular flexibility index (Phi) is 4.63. The van der Waals surface area contributed by atoms with E-state index in [9.17, 15) is 9.18 Å². The summed E-state index contributed by atoms with van der Waals surface area (Å²) in [5.41, 5.74) is 0.582. The monoisotopic (exact) mass is 312 g/mol. The lowest BCUT2D eigenvalue weighted by Crippen LogP contribution is -2.07. The van der Waals surface area contributed by atoms with Gasteiger partial charge in [-0.1, -0.05) is 35.3 Å². The van der Waals surface area contributed by atoms with Crippen LogP contribution in [0.2, 0.25) is 10.0 Å². The molecule has 20 heavy (non-hydrogen) atoms. The van der Waals surface area contributed by atoms with Crippen molar-refractivity contribution >= 4 is 29.0 Å². The molecule has 2 nitrogen and oxygen atoms in total. The molecule has 0 atom stereocenters. The van der Waals surface area contributed by atoms with Crippen molar-refractivity contribution < 1.29 is 13.9 Å². The maximum atomic E-state index is 14.0. The molecular weight excluding hydrogens is 302 g/mol. The second kappa shape index (κ2) is 6.25. The minimum absolute atomic E-state index is 0.0000891. The summed E-state index contributed by atoms with van der Waals surface area (Å²) in [5.74, 6) is -0.992. The highest BCUT2D eigenvalue weighted by atomic mass is 35.5. The zero-order valence-corrected chi connectivity index (χ0v) is 12.1. The molecule has 0 aromatic heterocycles. The van der Waals surface area contributed by atoms with Crippen LogP contribution < -0.4 is 4.74 Å². The number of rotatable bonds is 4. The Morgan fingerprint density at radius 3 is 2.65 bits per heavy atom. The van der Waals surface area contributed by atoms with E-state index in [-0.39, 0.29) is 23.5 Å². The number of hydrogen-bond donors (Lipinski definition) is 0. The highest BCUT2D eigenvalue weighted by Crippen LogP contribution is 2.25. The van der Waals surface area contributed by atoms with Crippen LogP contribution in [0.4, 0.5) is 4.39 Å². The average Bonchev–Trinajstić information content (AvgIpc) is 2.42. The molecule has 0 saturated carbocycles. The molecule has 0 aliphatic rings. The molecule has 5 heteroatoms. The standard InChI is InChI=1S/C15H11Cl2FO2/c1-20-14-4-2-3-11(15(14)18)13(19)7-9-5-6-10(16)8-12(9)17/h2-6,8H,7H2,1H3. The summed E-state index contributed by atoms with van der Waals surface area (Å²) in [6.45, 7) is 0. The first kappa shape index (κ1) is 14.8. The minimum atomic E-state index is -0.662. The molecule has 0 saturated heterocycles. The third-order valence-corrected chi connectivity index (χ3v) is 3.44. The molecule has 0 spiro atoms. The Labute approximate surface area is 126 Å². The summed E-state index contributed by atoms with van der Waals surface area (Å²) in [5, 5.41) is 0.868. The van der Waals surface area contributed by atoms with Crippen molar-refractivity contribution in [2.45, 2.75) is 6.42 Å². The summed E-state index contributed by atoms with van der Waals surface area (Å²) in [4.78, 5) is 12.2. The number of carbonyl (C=O) groups is 1. The lowest BCUT2D eigenvalue weighted by Gasteiger charge is -2.08. The molecule has 0 heterocycles. The van der Waals surface area contributed by atoms with Crippen molar-refractivity contribution in [1.29, 1.82) is 0 Å². The quantitative estimate of drug-likeness (QED) is 0.773. The molecule has 2 aromatic carbocycles. The lowest BCUT2D eigenvalue weighted by molar-refractivity contribution is 0.0988. The predicted molar refractivity (Wildman–Crippen MR) is 77.4 cm³/mol. The van der Waals surface area contributed by atoms with Gasteiger partial charge in [0.05, 0.1) is 12.7 Å². The van der Waals surface area contributed by atoms with E-state index < -0.39 is 5.82 Å². The molecular formula is C15H11Cl2FO2. The molecule has 2 rings (SSSR count). The Hall–Kier alpha value is -1.58. The molecule has 0 fully saturated rings. The van der Waals surface area contributed by atoms with E-state index in [1.165, 1.54) is 19.2 Å². The Morgan fingerprint density at radius 2 is 2.00 bits per heavy atom. The van der Waals surface area contributed by atoms with Crippen molar-refractivity contribution in [3.05, 3.63) is 63.4 Å². The molecule has 0 amide bonds. The van der Waals surface area contributed by atoms with Crippen molar-refractivity contribution in [3.63, 3.8) is 0 Å². The lowest BCUT2D eigenvalue weighted by atomic mass is 10.0. The SMILES string of the molecule is COc1cccc(C(=O)Cc2ccc(Cl)cc2Cl)c1F. The van der Waals surface area contributed by atoms with Crippen LogP contribution in [-0.2, 0) is 6.42 Å². The second-order valence-corrected chi connectivity index (χ2v) is 5.00. The Morgan fingerprint density at radius 1 is 1.25 bits per heavy atom. The van der Waals surface area contributed by atoms with Gasteiger partial charge in [0.2, 0.25) is 0 Å². The van der Waals surface area contributed by atoms with Gasteiger partial charge in [0.1, 0.15) is 0 Å². The molecule has 2 aromatic rings. The number of halogens is 3. The highest BCUT2D eigenvalue weighted by molar-refractivity contribution is 6.35. The maximum Gasteiger partial charge on any atom is 0.175 e. The number of ketones is 1. The highest BCUT2D eigenvalue weighted by Gasteiger charge is 2.17. The van der Waals surface area contributed by atoms with Gasteiger partial charge in [-0.05, 0) is 29.8 Å². The number of methoxy groups -OCH3 is 1. The smallest absolute Gasteiger partial charge is 0.175 e. The topological polar surface area (TPSA) is 26.3 Å². The van der Waals surface area contributed by atoms with E-state index in [2.05, 4.69) is 0 Å². The van der Waals surface area contributed by atoms with Crippen molar-refractivity contribution in [2.75, 3.05) is 7.11 Å². The van der Waals surface area contributed by atoms with Gasteiger partial charge in [0, 0.05) is 16.5 Å². The van der Waals surface area contributed by atoms with Crippen molar-refractivity contribution in [2.24, 2.45) is 0 Å². The van der Waals surface area contributed by atoms with Crippen LogP contribution in [0, 0.1) is 5.82 Å². The van der Waals surface area contributed by atoms with Crippen LogP contribution in [0.3, 0.4) is 0 Å². The van der Waals surface area contributed by atoms with E-state index in [1.807, 2.05) is 0 Å². The van der Waals surface area contributed by atoms with E-state index in [0.29, 0.717) is 15.6 Å². The zero-order valence-electron chi connectivity index (χ0n) is 10.6. The second-order valence-electron chi connectivity index (χ2n) is 4.16. The van der Waals surface area contributed by atoms with Crippen molar-refractivity contribution in [3.8, 4) is 5.75 Å². The normalized spacial score (nSPS) is 10.4. The third kappa shape index (κ3) is 3.11. The molecule has 0 N–H and O–H groups in total. The van der Waals surface area contributed by atoms with Crippen LogP contribution in [0.25, 0.3) is 0 Å². The van der Waals surface area contributed by atoms with Crippen LogP contribution in [0.5, 0.6) is 5.75 Å². The van der Waals surface area contributed by atoms with Crippen molar-refractivity contribution in [1.82, 2.24) is 0 Å². The van der Waals surface area contributed by atoms with Gasteiger partial charge in [-0.15, -0.1) is 0 Å². The number of benzene rings is 2. The van der Waals surface area contributed by atoms with Gasteiger partial charge in [0.25, 0.3) is 0 Å². The minimum Gasteiger partial charge on any atom is -0.494 e. The summed E-state index contributed by atoms with van der Waals surface area (Å²) >= 11 is 11.8. The van der Waals surface area contributed by atoms with E-state index >= 15 is 0 Å². The molecule has 0 aliphatic heterocycles. The molecule has 0 radical (unpaired) electrons. The fourth-order valence-electron chi connectivity index (χ4n) is 1.82. The predicted octanol–water partition coefficient (Wildman–Crippen LogP) is 4.57. The number of carbonyl (C=O) groups excluding carboxylic acids is 1. The van der Waals surface area contributed by atoms with E-state index in [1.54, 1.807) is 24.3 Å². The molecule has 104 valence electrons. The summed E-state index contributed by atoms with van der Waals surface area (Å²) in [7, 11) is 1.35. The summed E-state index contributed by atoms with van der Waals surface area (Å²) < 4.78 is 18.8. The number of hydrogen-bond acceptors (Lipinski definition) is 2. The van der Waals surface area contributed by atoms with Crippen LogP contribution in [0.1, 0.15) is 15.9 Å². The largest absolute Gasteiger partial charge is 0.494 e. The Balaban J connectivity index is 2.28. The zero-order chi connectivity index (χ0) is 14.7. The first-order chi connectivity index (χ1) is 9.52. The first-order valence-electron chi connectivity index (χ1n) is 5.82. The van der Waals surface area contributed by atoms with Gasteiger partial charge in [-0.2, -0.15) is 0 Å². The van der Waals surface area contributed by atoms with Crippen LogP contribution >= 0.6 is 23.2 Å². The van der Waals surface area contributed by atoms with E-state index in [4.69, 9.17) is 27.9 Å². The van der Waals surface area contributed by atoms with Gasteiger partial charge >= 0.3 is 0 Å².